The van der Waals surface area contributed by atoms with Gasteiger partial charge in [-0.15, -0.1) is 0 Å². The smallest absolute Gasteiger partial charge is 0.157 e. The van der Waals surface area contributed by atoms with Gasteiger partial charge in [-0.3, -0.25) is 9.83 Å². The third-order valence-electron chi connectivity index (χ3n) is 4.84. The van der Waals surface area contributed by atoms with Crippen LogP contribution < -0.4 is 5.43 Å². The molecule has 0 atom stereocenters. The number of aromatic nitrogens is 2. The first-order valence-corrected chi connectivity index (χ1v) is 9.01. The summed E-state index contributed by atoms with van der Waals surface area (Å²) in [6.45, 7) is 3.98. The summed E-state index contributed by atoms with van der Waals surface area (Å²) in [6.07, 6.45) is 2.37. The van der Waals surface area contributed by atoms with Gasteiger partial charge in [0.25, 0.3) is 0 Å². The molecule has 2 heterocycles. The van der Waals surface area contributed by atoms with Crippen molar-refractivity contribution < 1.29 is 4.39 Å². The molecule has 0 saturated carbocycles. The number of halogens is 1. The SMILES string of the molecule is CCc1c(C)c(C#N)c2nc3ccccc3n2c1N/N=C\c1ccc(F)cc1. The topological polar surface area (TPSA) is 65.5 Å². The molecular weight excluding hydrogens is 353 g/mol. The quantitative estimate of drug-likeness (QED) is 0.413. The van der Waals surface area contributed by atoms with Gasteiger partial charge in [0.2, 0.25) is 0 Å². The van der Waals surface area contributed by atoms with Crippen molar-refractivity contribution >= 4 is 28.7 Å². The highest BCUT2D eigenvalue weighted by Crippen LogP contribution is 2.31. The van der Waals surface area contributed by atoms with Crippen molar-refractivity contribution in [3.05, 3.63) is 76.6 Å². The van der Waals surface area contributed by atoms with Gasteiger partial charge in [0.05, 0.1) is 22.8 Å². The zero-order chi connectivity index (χ0) is 19.7. The highest BCUT2D eigenvalue weighted by Gasteiger charge is 2.19. The molecule has 0 aliphatic rings. The fourth-order valence-electron chi connectivity index (χ4n) is 3.45. The van der Waals surface area contributed by atoms with Crippen LogP contribution in [-0.4, -0.2) is 15.6 Å². The number of fused-ring (bicyclic) bond motifs is 3. The number of hydrogen-bond donors (Lipinski definition) is 1. The van der Waals surface area contributed by atoms with E-state index in [1.807, 2.05) is 42.5 Å². The van der Waals surface area contributed by atoms with Gasteiger partial charge in [-0.2, -0.15) is 10.4 Å². The van der Waals surface area contributed by atoms with Crippen molar-refractivity contribution in [2.75, 3.05) is 5.43 Å². The molecule has 1 N–H and O–H groups in total. The fourth-order valence-corrected chi connectivity index (χ4v) is 3.45. The van der Waals surface area contributed by atoms with Crippen LogP contribution in [0.3, 0.4) is 0 Å². The summed E-state index contributed by atoms with van der Waals surface area (Å²) in [5.74, 6) is 0.494. The van der Waals surface area contributed by atoms with Crippen LogP contribution in [0.15, 0.2) is 53.6 Å². The molecule has 0 radical (unpaired) electrons. The van der Waals surface area contributed by atoms with Gasteiger partial charge >= 0.3 is 0 Å². The zero-order valence-electron chi connectivity index (χ0n) is 15.6. The van der Waals surface area contributed by atoms with E-state index in [2.05, 4.69) is 21.6 Å². The summed E-state index contributed by atoms with van der Waals surface area (Å²) >= 11 is 0. The van der Waals surface area contributed by atoms with Crippen molar-refractivity contribution in [3.8, 4) is 6.07 Å². The van der Waals surface area contributed by atoms with Gasteiger partial charge < -0.3 is 0 Å². The number of imidazole rings is 1. The molecule has 0 amide bonds. The molecule has 0 bridgehead atoms. The summed E-state index contributed by atoms with van der Waals surface area (Å²) < 4.78 is 15.0. The number of benzene rings is 2. The minimum atomic E-state index is -0.285. The Hall–Kier alpha value is -3.72. The van der Waals surface area contributed by atoms with Crippen LogP contribution in [0.4, 0.5) is 10.2 Å². The Morgan fingerprint density at radius 2 is 1.96 bits per heavy atom. The Kier molecular flexibility index (Phi) is 4.50. The van der Waals surface area contributed by atoms with Crippen molar-refractivity contribution in [1.82, 2.24) is 9.38 Å². The van der Waals surface area contributed by atoms with E-state index < -0.39 is 0 Å². The molecule has 4 rings (SSSR count). The zero-order valence-corrected chi connectivity index (χ0v) is 15.6. The maximum Gasteiger partial charge on any atom is 0.157 e. The van der Waals surface area contributed by atoms with E-state index in [1.165, 1.54) is 12.1 Å². The predicted octanol–water partition coefficient (Wildman–Crippen LogP) is 4.82. The molecule has 0 aliphatic carbocycles. The van der Waals surface area contributed by atoms with E-state index >= 15 is 0 Å². The van der Waals surface area contributed by atoms with Crippen molar-refractivity contribution in [2.24, 2.45) is 5.10 Å². The average Bonchev–Trinajstić information content (AvgIpc) is 3.08. The van der Waals surface area contributed by atoms with Gasteiger partial charge in [-0.05, 0) is 54.3 Å². The second-order valence-electron chi connectivity index (χ2n) is 6.47. The predicted molar refractivity (Wildman–Crippen MR) is 109 cm³/mol. The maximum absolute atomic E-state index is 13.1. The van der Waals surface area contributed by atoms with Gasteiger partial charge in [0.15, 0.2) is 5.65 Å². The van der Waals surface area contributed by atoms with E-state index in [1.54, 1.807) is 18.3 Å². The highest BCUT2D eigenvalue weighted by molar-refractivity contribution is 5.86. The Labute approximate surface area is 161 Å². The average molecular weight is 371 g/mol. The van der Waals surface area contributed by atoms with Crippen LogP contribution in [0.2, 0.25) is 0 Å². The first-order chi connectivity index (χ1) is 13.6. The van der Waals surface area contributed by atoms with Crippen LogP contribution in [0.5, 0.6) is 0 Å². The monoisotopic (exact) mass is 371 g/mol. The Bertz CT molecular complexity index is 1250. The van der Waals surface area contributed by atoms with Crippen LogP contribution >= 0.6 is 0 Å². The largest absolute Gasteiger partial charge is 0.276 e. The number of rotatable bonds is 4. The van der Waals surface area contributed by atoms with Gasteiger partial charge in [0, 0.05) is 0 Å². The molecule has 2 aromatic carbocycles. The van der Waals surface area contributed by atoms with E-state index in [0.29, 0.717) is 11.2 Å². The highest BCUT2D eigenvalue weighted by atomic mass is 19.1. The van der Waals surface area contributed by atoms with Crippen LogP contribution in [0.25, 0.3) is 16.7 Å². The second kappa shape index (κ2) is 7.12. The second-order valence-corrected chi connectivity index (χ2v) is 6.47. The third-order valence-corrected chi connectivity index (χ3v) is 4.84. The van der Waals surface area contributed by atoms with Crippen molar-refractivity contribution in [1.29, 1.82) is 5.26 Å². The summed E-state index contributed by atoms with van der Waals surface area (Å²) in [5.41, 5.74) is 8.71. The first kappa shape index (κ1) is 17.7. The molecule has 28 heavy (non-hydrogen) atoms. The Balaban J connectivity index is 1.91. The maximum atomic E-state index is 13.1. The molecule has 4 aromatic rings. The fraction of sp³-hybridized carbons (Fsp3) is 0.136. The standard InChI is InChI=1S/C22H18FN5/c1-3-17-14(2)18(12-24)21-26-19-6-4-5-7-20(19)28(21)22(17)27-25-13-15-8-10-16(23)11-9-15/h4-11,13,27H,3H2,1-2H3/b25-13-. The molecule has 2 aromatic heterocycles. The summed E-state index contributed by atoms with van der Waals surface area (Å²) in [5, 5.41) is 14.1. The van der Waals surface area contributed by atoms with Crippen molar-refractivity contribution in [2.45, 2.75) is 20.3 Å². The van der Waals surface area contributed by atoms with E-state index in [4.69, 9.17) is 0 Å². The van der Waals surface area contributed by atoms with E-state index in [9.17, 15) is 9.65 Å². The first-order valence-electron chi connectivity index (χ1n) is 9.01. The lowest BCUT2D eigenvalue weighted by molar-refractivity contribution is 0.628. The number of hydrogen-bond acceptors (Lipinski definition) is 4. The third kappa shape index (κ3) is 2.87. The molecule has 0 spiro atoms. The Morgan fingerprint density at radius 3 is 2.68 bits per heavy atom. The molecule has 0 unspecified atom stereocenters. The van der Waals surface area contributed by atoms with Gasteiger partial charge in [0.1, 0.15) is 17.7 Å². The van der Waals surface area contributed by atoms with Crippen LogP contribution in [0, 0.1) is 24.1 Å². The number of pyridine rings is 1. The number of nitriles is 1. The van der Waals surface area contributed by atoms with Crippen molar-refractivity contribution in [3.63, 3.8) is 0 Å². The number of nitrogens with zero attached hydrogens (tertiary/aromatic N) is 4. The molecule has 6 heteroatoms. The van der Waals surface area contributed by atoms with Gasteiger partial charge in [-0.25, -0.2) is 9.37 Å². The summed E-state index contributed by atoms with van der Waals surface area (Å²) in [6, 6.07) is 16.2. The molecule has 0 saturated heterocycles. The molecule has 138 valence electrons. The number of anilines is 1. The summed E-state index contributed by atoms with van der Waals surface area (Å²) in [7, 11) is 0. The minimum absolute atomic E-state index is 0.285. The Morgan fingerprint density at radius 1 is 1.21 bits per heavy atom. The van der Waals surface area contributed by atoms with E-state index in [-0.39, 0.29) is 5.82 Å². The molecular formula is C22H18FN5. The summed E-state index contributed by atoms with van der Waals surface area (Å²) in [4.78, 5) is 4.67. The van der Waals surface area contributed by atoms with Crippen LogP contribution in [-0.2, 0) is 6.42 Å². The molecule has 0 fully saturated rings. The van der Waals surface area contributed by atoms with E-state index in [0.717, 1.165) is 40.0 Å². The van der Waals surface area contributed by atoms with Gasteiger partial charge in [-0.1, -0.05) is 31.2 Å². The normalized spacial score (nSPS) is 11.4. The number of nitrogens with one attached hydrogen (secondary N) is 1. The lowest BCUT2D eigenvalue weighted by Gasteiger charge is -2.15. The molecule has 0 aliphatic heterocycles. The molecule has 5 nitrogen and oxygen atoms in total. The number of hydrazone groups is 1. The van der Waals surface area contributed by atoms with Crippen LogP contribution in [0.1, 0.15) is 29.2 Å². The lowest BCUT2D eigenvalue weighted by Crippen LogP contribution is -2.07. The lowest BCUT2D eigenvalue weighted by atomic mass is 10.0. The number of para-hydroxylation sites is 2. The minimum Gasteiger partial charge on any atom is -0.276 e.